The Morgan fingerprint density at radius 3 is 2.62 bits per heavy atom. The lowest BCUT2D eigenvalue weighted by atomic mass is 9.97. The first kappa shape index (κ1) is 11.3. The first-order chi connectivity index (χ1) is 7.70. The molecule has 0 spiro atoms. The molecule has 0 radical (unpaired) electrons. The molecule has 2 rings (SSSR count). The Bertz CT molecular complexity index is 352. The van der Waals surface area contributed by atoms with Crippen LogP contribution in [0.2, 0.25) is 0 Å². The highest BCUT2D eigenvalue weighted by atomic mass is 15.1. The van der Waals surface area contributed by atoms with Gasteiger partial charge >= 0.3 is 0 Å². The maximum atomic E-state index is 5.84. The van der Waals surface area contributed by atoms with E-state index in [0.29, 0.717) is 0 Å². The summed E-state index contributed by atoms with van der Waals surface area (Å²) in [6, 6.07) is 6.32. The van der Waals surface area contributed by atoms with Crippen LogP contribution in [0.4, 0.5) is 11.4 Å². The van der Waals surface area contributed by atoms with Crippen molar-refractivity contribution in [2.45, 2.75) is 33.1 Å². The predicted octanol–water partition coefficient (Wildman–Crippen LogP) is 3.07. The zero-order valence-electron chi connectivity index (χ0n) is 10.4. The number of nitrogen functional groups attached to an aromatic ring is 1. The maximum absolute atomic E-state index is 5.84. The zero-order valence-corrected chi connectivity index (χ0v) is 10.4. The highest BCUT2D eigenvalue weighted by Gasteiger charge is 2.17. The summed E-state index contributed by atoms with van der Waals surface area (Å²) in [5.74, 6) is 0.884. The minimum absolute atomic E-state index is 0.881. The SMILES string of the molecule is CCc1cc(N)ccc1N1CCC(C)CC1. The Morgan fingerprint density at radius 1 is 1.31 bits per heavy atom. The Balaban J connectivity index is 2.19. The molecule has 1 aliphatic heterocycles. The third-order valence-electron chi connectivity index (χ3n) is 3.61. The molecule has 1 aromatic carbocycles. The van der Waals surface area contributed by atoms with E-state index in [1.54, 1.807) is 0 Å². The van der Waals surface area contributed by atoms with Crippen LogP contribution in [0.3, 0.4) is 0 Å². The number of piperidine rings is 1. The molecule has 2 heteroatoms. The van der Waals surface area contributed by atoms with E-state index < -0.39 is 0 Å². The lowest BCUT2D eigenvalue weighted by Gasteiger charge is -2.33. The molecule has 2 N–H and O–H groups in total. The summed E-state index contributed by atoms with van der Waals surface area (Å²) in [6.45, 7) is 6.93. The summed E-state index contributed by atoms with van der Waals surface area (Å²) in [6.07, 6.45) is 3.69. The molecule has 0 aromatic heterocycles. The number of nitrogens with zero attached hydrogens (tertiary/aromatic N) is 1. The summed E-state index contributed by atoms with van der Waals surface area (Å²) < 4.78 is 0. The minimum Gasteiger partial charge on any atom is -0.399 e. The van der Waals surface area contributed by atoms with Crippen molar-refractivity contribution < 1.29 is 0 Å². The third-order valence-corrected chi connectivity index (χ3v) is 3.61. The van der Waals surface area contributed by atoms with Crippen LogP contribution in [0.1, 0.15) is 32.3 Å². The van der Waals surface area contributed by atoms with Crippen molar-refractivity contribution in [1.82, 2.24) is 0 Å². The normalized spacial score (nSPS) is 17.8. The molecule has 0 saturated carbocycles. The molecule has 1 saturated heterocycles. The lowest BCUT2D eigenvalue weighted by molar-refractivity contribution is 0.438. The summed E-state index contributed by atoms with van der Waals surface area (Å²) in [4.78, 5) is 2.51. The fourth-order valence-corrected chi connectivity index (χ4v) is 2.45. The molecule has 1 fully saturated rings. The monoisotopic (exact) mass is 218 g/mol. The van der Waals surface area contributed by atoms with Crippen molar-refractivity contribution in [2.75, 3.05) is 23.7 Å². The van der Waals surface area contributed by atoms with Crippen LogP contribution in [0.15, 0.2) is 18.2 Å². The third kappa shape index (κ3) is 2.31. The standard InChI is InChI=1S/C14H22N2/c1-3-12-10-13(15)4-5-14(12)16-8-6-11(2)7-9-16/h4-5,10-11H,3,6-9,15H2,1-2H3. The quantitative estimate of drug-likeness (QED) is 0.773. The van der Waals surface area contributed by atoms with E-state index >= 15 is 0 Å². The molecule has 1 aliphatic rings. The first-order valence-corrected chi connectivity index (χ1v) is 6.34. The smallest absolute Gasteiger partial charge is 0.0400 e. The Labute approximate surface area is 98.4 Å². The zero-order chi connectivity index (χ0) is 11.5. The average molecular weight is 218 g/mol. The van der Waals surface area contributed by atoms with E-state index in [9.17, 15) is 0 Å². The Hall–Kier alpha value is -1.18. The molecule has 0 atom stereocenters. The second-order valence-electron chi connectivity index (χ2n) is 4.91. The van der Waals surface area contributed by atoms with Gasteiger partial charge in [0.2, 0.25) is 0 Å². The Kier molecular flexibility index (Phi) is 3.37. The molecule has 0 unspecified atom stereocenters. The molecule has 88 valence electrons. The van der Waals surface area contributed by atoms with Crippen molar-refractivity contribution in [3.63, 3.8) is 0 Å². The first-order valence-electron chi connectivity index (χ1n) is 6.34. The average Bonchev–Trinajstić information content (AvgIpc) is 2.30. The van der Waals surface area contributed by atoms with Gasteiger partial charge in [-0.2, -0.15) is 0 Å². The largest absolute Gasteiger partial charge is 0.399 e. The number of nitrogens with two attached hydrogens (primary N) is 1. The van der Waals surface area contributed by atoms with Crippen molar-refractivity contribution in [2.24, 2.45) is 5.92 Å². The van der Waals surface area contributed by atoms with Crippen LogP contribution in [0, 0.1) is 5.92 Å². The van der Waals surface area contributed by atoms with Gasteiger partial charge in [0.05, 0.1) is 0 Å². The van der Waals surface area contributed by atoms with Crippen LogP contribution >= 0.6 is 0 Å². The molecular formula is C14H22N2. The van der Waals surface area contributed by atoms with Gasteiger partial charge in [-0.15, -0.1) is 0 Å². The van der Waals surface area contributed by atoms with Gasteiger partial charge in [0, 0.05) is 24.5 Å². The fraction of sp³-hybridized carbons (Fsp3) is 0.571. The summed E-state index contributed by atoms with van der Waals surface area (Å²) >= 11 is 0. The lowest BCUT2D eigenvalue weighted by Crippen LogP contribution is -2.33. The van der Waals surface area contributed by atoms with Crippen LogP contribution in [0.5, 0.6) is 0 Å². The molecule has 1 aromatic rings. The minimum atomic E-state index is 0.881. The van der Waals surface area contributed by atoms with E-state index in [1.165, 1.54) is 37.2 Å². The highest BCUT2D eigenvalue weighted by molar-refractivity contribution is 5.59. The molecule has 1 heterocycles. The Morgan fingerprint density at radius 2 is 2.00 bits per heavy atom. The number of rotatable bonds is 2. The number of hydrogen-bond acceptors (Lipinski definition) is 2. The number of anilines is 2. The maximum Gasteiger partial charge on any atom is 0.0400 e. The summed E-state index contributed by atoms with van der Waals surface area (Å²) in [5, 5.41) is 0. The van der Waals surface area contributed by atoms with Gasteiger partial charge in [-0.1, -0.05) is 13.8 Å². The van der Waals surface area contributed by atoms with Crippen LogP contribution < -0.4 is 10.6 Å². The van der Waals surface area contributed by atoms with Crippen molar-refractivity contribution >= 4 is 11.4 Å². The van der Waals surface area contributed by atoms with Gasteiger partial charge in [0.25, 0.3) is 0 Å². The van der Waals surface area contributed by atoms with Crippen molar-refractivity contribution in [1.29, 1.82) is 0 Å². The van der Waals surface area contributed by atoms with Crippen molar-refractivity contribution in [3.05, 3.63) is 23.8 Å². The molecule has 0 amide bonds. The van der Waals surface area contributed by atoms with Gasteiger partial charge in [-0.25, -0.2) is 0 Å². The van der Waals surface area contributed by atoms with Crippen molar-refractivity contribution in [3.8, 4) is 0 Å². The van der Waals surface area contributed by atoms with Gasteiger partial charge in [0.1, 0.15) is 0 Å². The summed E-state index contributed by atoms with van der Waals surface area (Å²) in [7, 11) is 0. The van der Waals surface area contributed by atoms with E-state index in [2.05, 4.69) is 30.9 Å². The number of benzene rings is 1. The number of hydrogen-bond donors (Lipinski definition) is 1. The number of aryl methyl sites for hydroxylation is 1. The fourth-order valence-electron chi connectivity index (χ4n) is 2.45. The van der Waals surface area contributed by atoms with E-state index in [1.807, 2.05) is 6.07 Å². The van der Waals surface area contributed by atoms with Gasteiger partial charge < -0.3 is 10.6 Å². The molecule has 2 nitrogen and oxygen atoms in total. The highest BCUT2D eigenvalue weighted by Crippen LogP contribution is 2.27. The van der Waals surface area contributed by atoms with Gasteiger partial charge in [0.15, 0.2) is 0 Å². The molecule has 0 aliphatic carbocycles. The second-order valence-corrected chi connectivity index (χ2v) is 4.91. The molecular weight excluding hydrogens is 196 g/mol. The summed E-state index contributed by atoms with van der Waals surface area (Å²) in [5.41, 5.74) is 9.49. The van der Waals surface area contributed by atoms with Crippen LogP contribution in [-0.4, -0.2) is 13.1 Å². The topological polar surface area (TPSA) is 29.3 Å². The predicted molar refractivity (Wildman–Crippen MR) is 70.8 cm³/mol. The second kappa shape index (κ2) is 4.77. The van der Waals surface area contributed by atoms with E-state index in [0.717, 1.165) is 18.0 Å². The molecule has 16 heavy (non-hydrogen) atoms. The van der Waals surface area contributed by atoms with E-state index in [-0.39, 0.29) is 0 Å². The van der Waals surface area contributed by atoms with Gasteiger partial charge in [-0.3, -0.25) is 0 Å². The van der Waals surface area contributed by atoms with Crippen LogP contribution in [0.25, 0.3) is 0 Å². The van der Waals surface area contributed by atoms with Gasteiger partial charge in [-0.05, 0) is 48.9 Å². The van der Waals surface area contributed by atoms with E-state index in [4.69, 9.17) is 5.73 Å². The molecule has 0 bridgehead atoms. The van der Waals surface area contributed by atoms with Crippen LogP contribution in [-0.2, 0) is 6.42 Å².